The Morgan fingerprint density at radius 2 is 1.17 bits per heavy atom. The van der Waals surface area contributed by atoms with Crippen LogP contribution in [0.25, 0.3) is 0 Å². The first-order valence-electron chi connectivity index (χ1n) is 12.0. The Labute approximate surface area is 203 Å². The Balaban J connectivity index is 1.32. The SMILES string of the molecule is O=C(OC1C2NC(C1OC(=O)c1ccccc1)C1C(c3ccccc3)CC(=O)C21)c1ccccc1. The van der Waals surface area contributed by atoms with E-state index in [-0.39, 0.29) is 29.6 Å². The molecule has 35 heavy (non-hydrogen) atoms. The number of Topliss-reactive ketones (excluding diaryl/α,β-unsaturated/α-hetero) is 1. The number of carbonyl (C=O) groups excluding carboxylic acids is 3. The molecule has 6 nitrogen and oxygen atoms in total. The Morgan fingerprint density at radius 1 is 0.686 bits per heavy atom. The summed E-state index contributed by atoms with van der Waals surface area (Å²) >= 11 is 0. The van der Waals surface area contributed by atoms with Crippen molar-refractivity contribution in [2.24, 2.45) is 11.8 Å². The van der Waals surface area contributed by atoms with Gasteiger partial charge in [0.05, 0.1) is 23.2 Å². The zero-order chi connectivity index (χ0) is 23.9. The summed E-state index contributed by atoms with van der Waals surface area (Å²) in [5.41, 5.74) is 1.95. The van der Waals surface area contributed by atoms with Gasteiger partial charge in [-0.05, 0) is 41.7 Å². The van der Waals surface area contributed by atoms with E-state index >= 15 is 0 Å². The summed E-state index contributed by atoms with van der Waals surface area (Å²) in [6, 6.07) is 26.8. The molecule has 6 heteroatoms. The fourth-order valence-corrected chi connectivity index (χ4v) is 6.18. The number of carbonyl (C=O) groups is 3. The highest BCUT2D eigenvalue weighted by Gasteiger charge is 2.67. The summed E-state index contributed by atoms with van der Waals surface area (Å²) < 4.78 is 12.0. The summed E-state index contributed by atoms with van der Waals surface area (Å²) in [5.74, 6) is -1.09. The van der Waals surface area contributed by atoms with Gasteiger partial charge in [-0.3, -0.25) is 4.79 Å². The molecule has 2 aliphatic heterocycles. The van der Waals surface area contributed by atoms with Crippen LogP contribution in [0.5, 0.6) is 0 Å². The van der Waals surface area contributed by atoms with Gasteiger partial charge in [-0.15, -0.1) is 0 Å². The van der Waals surface area contributed by atoms with Gasteiger partial charge in [-0.25, -0.2) is 9.59 Å². The van der Waals surface area contributed by atoms with Crippen LogP contribution in [0, 0.1) is 11.8 Å². The summed E-state index contributed by atoms with van der Waals surface area (Å²) in [6.07, 6.45) is -1.01. The number of esters is 2. The molecular weight excluding hydrogens is 442 g/mol. The fourth-order valence-electron chi connectivity index (χ4n) is 6.18. The van der Waals surface area contributed by atoms with Crippen molar-refractivity contribution in [2.75, 3.05) is 0 Å². The molecule has 0 spiro atoms. The van der Waals surface area contributed by atoms with Crippen LogP contribution in [0.3, 0.4) is 0 Å². The molecule has 2 saturated heterocycles. The molecular formula is C29H25NO5. The molecule has 1 aliphatic carbocycles. The second kappa shape index (κ2) is 8.78. The summed E-state index contributed by atoms with van der Waals surface area (Å²) in [5, 5.41) is 3.50. The third-order valence-corrected chi connectivity index (χ3v) is 7.62. The highest BCUT2D eigenvalue weighted by Crippen LogP contribution is 2.54. The molecule has 2 bridgehead atoms. The Hall–Kier alpha value is -3.77. The molecule has 3 aliphatic rings. The first-order valence-corrected chi connectivity index (χ1v) is 12.0. The van der Waals surface area contributed by atoms with E-state index in [1.807, 2.05) is 42.5 Å². The first-order chi connectivity index (χ1) is 17.1. The van der Waals surface area contributed by atoms with Gasteiger partial charge in [0.25, 0.3) is 0 Å². The van der Waals surface area contributed by atoms with Gasteiger partial charge in [0.1, 0.15) is 5.78 Å². The topological polar surface area (TPSA) is 81.7 Å². The van der Waals surface area contributed by atoms with Gasteiger partial charge in [-0.1, -0.05) is 66.7 Å². The van der Waals surface area contributed by atoms with Crippen LogP contribution < -0.4 is 5.32 Å². The van der Waals surface area contributed by atoms with Crippen LogP contribution >= 0.6 is 0 Å². The van der Waals surface area contributed by atoms with E-state index in [1.54, 1.807) is 48.5 Å². The van der Waals surface area contributed by atoms with E-state index < -0.39 is 30.2 Å². The lowest BCUT2D eigenvalue weighted by Crippen LogP contribution is -2.51. The number of hydrogen-bond acceptors (Lipinski definition) is 6. The van der Waals surface area contributed by atoms with E-state index in [0.717, 1.165) is 5.56 Å². The van der Waals surface area contributed by atoms with E-state index in [0.29, 0.717) is 17.5 Å². The minimum absolute atomic E-state index is 0.0277. The molecule has 1 saturated carbocycles. The predicted octanol–water partition coefficient (Wildman–Crippen LogP) is 3.78. The molecule has 3 aromatic carbocycles. The maximum absolute atomic E-state index is 13.2. The summed E-state index contributed by atoms with van der Waals surface area (Å²) in [7, 11) is 0. The smallest absolute Gasteiger partial charge is 0.338 e. The largest absolute Gasteiger partial charge is 0.453 e. The molecule has 0 amide bonds. The molecule has 7 unspecified atom stereocenters. The van der Waals surface area contributed by atoms with Gasteiger partial charge in [-0.2, -0.15) is 0 Å². The van der Waals surface area contributed by atoms with Crippen LogP contribution in [-0.4, -0.2) is 42.0 Å². The third kappa shape index (κ3) is 3.74. The van der Waals surface area contributed by atoms with E-state index in [9.17, 15) is 14.4 Å². The molecule has 0 aromatic heterocycles. The molecule has 7 atom stereocenters. The number of hydrogen-bond donors (Lipinski definition) is 1. The molecule has 2 heterocycles. The quantitative estimate of drug-likeness (QED) is 0.575. The fraction of sp³-hybridized carbons (Fsp3) is 0.276. The second-order valence-corrected chi connectivity index (χ2v) is 9.48. The van der Waals surface area contributed by atoms with Crippen molar-refractivity contribution in [1.29, 1.82) is 0 Å². The van der Waals surface area contributed by atoms with Crippen LogP contribution in [0.1, 0.15) is 38.6 Å². The Morgan fingerprint density at radius 3 is 1.71 bits per heavy atom. The normalized spacial score (nSPS) is 30.6. The van der Waals surface area contributed by atoms with Crippen LogP contribution in [0.15, 0.2) is 91.0 Å². The van der Waals surface area contributed by atoms with Crippen molar-refractivity contribution >= 4 is 17.7 Å². The molecule has 176 valence electrons. The first kappa shape index (κ1) is 21.7. The van der Waals surface area contributed by atoms with E-state index in [1.165, 1.54) is 0 Å². The molecule has 3 aromatic rings. The van der Waals surface area contributed by atoms with Gasteiger partial charge in [0.2, 0.25) is 0 Å². The van der Waals surface area contributed by atoms with Crippen molar-refractivity contribution in [3.05, 3.63) is 108 Å². The Kier molecular flexibility index (Phi) is 5.46. The monoisotopic (exact) mass is 467 g/mol. The molecule has 1 N–H and O–H groups in total. The minimum atomic E-state index is -0.750. The zero-order valence-electron chi connectivity index (χ0n) is 19.0. The van der Waals surface area contributed by atoms with E-state index in [2.05, 4.69) is 5.32 Å². The average molecular weight is 468 g/mol. The standard InChI is InChI=1S/C29H25NO5/c31-21-16-20(17-10-4-1-5-11-17)22-23(21)25-27(35-29(33)19-14-8-3-9-15-19)26(24(22)30-25)34-28(32)18-12-6-2-7-13-18/h1-15,20,22-27,30H,16H2. The lowest BCUT2D eigenvalue weighted by molar-refractivity contribution is -0.124. The highest BCUT2D eigenvalue weighted by atomic mass is 16.6. The molecule has 6 rings (SSSR count). The highest BCUT2D eigenvalue weighted by molar-refractivity contribution is 5.91. The van der Waals surface area contributed by atoms with Crippen molar-refractivity contribution in [1.82, 2.24) is 5.32 Å². The molecule has 0 radical (unpaired) electrons. The number of fused-ring (bicyclic) bond motifs is 5. The van der Waals surface area contributed by atoms with Crippen molar-refractivity contribution < 1.29 is 23.9 Å². The van der Waals surface area contributed by atoms with Gasteiger partial charge < -0.3 is 14.8 Å². The minimum Gasteiger partial charge on any atom is -0.453 e. The van der Waals surface area contributed by atoms with Crippen molar-refractivity contribution in [3.8, 4) is 0 Å². The lowest BCUT2D eigenvalue weighted by Gasteiger charge is -2.36. The number of ketones is 1. The van der Waals surface area contributed by atoms with Crippen LogP contribution in [-0.2, 0) is 14.3 Å². The van der Waals surface area contributed by atoms with E-state index in [4.69, 9.17) is 9.47 Å². The van der Waals surface area contributed by atoms with Crippen molar-refractivity contribution in [3.63, 3.8) is 0 Å². The molecule has 3 fully saturated rings. The number of nitrogens with one attached hydrogen (secondary N) is 1. The number of benzene rings is 3. The summed E-state index contributed by atoms with van der Waals surface area (Å²) in [4.78, 5) is 39.2. The zero-order valence-corrected chi connectivity index (χ0v) is 19.0. The Bertz CT molecular complexity index is 1250. The number of rotatable bonds is 5. The summed E-state index contributed by atoms with van der Waals surface area (Å²) in [6.45, 7) is 0. The van der Waals surface area contributed by atoms with Gasteiger partial charge >= 0.3 is 11.9 Å². The van der Waals surface area contributed by atoms with Crippen molar-refractivity contribution in [2.45, 2.75) is 36.6 Å². The predicted molar refractivity (Wildman–Crippen MR) is 128 cm³/mol. The average Bonchev–Trinajstić information content (AvgIpc) is 3.56. The van der Waals surface area contributed by atoms with Crippen LogP contribution in [0.4, 0.5) is 0 Å². The number of ether oxygens (including phenoxy) is 2. The van der Waals surface area contributed by atoms with Gasteiger partial charge in [0, 0.05) is 12.3 Å². The second-order valence-electron chi connectivity index (χ2n) is 9.48. The lowest BCUT2D eigenvalue weighted by atomic mass is 9.73. The maximum Gasteiger partial charge on any atom is 0.338 e. The third-order valence-electron chi connectivity index (χ3n) is 7.62. The maximum atomic E-state index is 13.2. The van der Waals surface area contributed by atoms with Gasteiger partial charge in [0.15, 0.2) is 12.2 Å². The van der Waals surface area contributed by atoms with Crippen LogP contribution in [0.2, 0.25) is 0 Å².